The van der Waals surface area contributed by atoms with Crippen LogP contribution in [0.3, 0.4) is 0 Å². The molecule has 31 heavy (non-hydrogen) atoms. The van der Waals surface area contributed by atoms with Crippen molar-refractivity contribution in [2.45, 2.75) is 25.8 Å². The lowest BCUT2D eigenvalue weighted by Crippen LogP contribution is -2.32. The quantitative estimate of drug-likeness (QED) is 0.726. The van der Waals surface area contributed by atoms with Crippen molar-refractivity contribution in [3.8, 4) is 0 Å². The Labute approximate surface area is 182 Å². The van der Waals surface area contributed by atoms with E-state index in [-0.39, 0.29) is 24.2 Å². The summed E-state index contributed by atoms with van der Waals surface area (Å²) in [5.74, 6) is -0.938. The number of carbonyl (C=O) groups excluding carboxylic acids is 3. The zero-order chi connectivity index (χ0) is 21.8. The SMILES string of the molecule is COC(=O)c1ccc(CNC(=O)C2CC(=O)N(c3ccc(N4CCCC4)cc3)C2)cc1. The average molecular weight is 421 g/mol. The molecule has 7 nitrogen and oxygen atoms in total. The van der Waals surface area contributed by atoms with E-state index in [2.05, 4.69) is 27.1 Å². The third-order valence-corrected chi connectivity index (χ3v) is 5.97. The van der Waals surface area contributed by atoms with Gasteiger partial charge in [0.1, 0.15) is 0 Å². The molecule has 0 aromatic heterocycles. The van der Waals surface area contributed by atoms with Crippen molar-refractivity contribution in [2.75, 3.05) is 36.5 Å². The second-order valence-corrected chi connectivity index (χ2v) is 8.02. The first kappa shape index (κ1) is 20.9. The summed E-state index contributed by atoms with van der Waals surface area (Å²) in [5.41, 5.74) is 3.35. The number of rotatable bonds is 6. The summed E-state index contributed by atoms with van der Waals surface area (Å²) in [7, 11) is 1.34. The van der Waals surface area contributed by atoms with E-state index in [1.807, 2.05) is 12.1 Å². The molecule has 0 radical (unpaired) electrons. The van der Waals surface area contributed by atoms with Crippen LogP contribution < -0.4 is 15.1 Å². The minimum Gasteiger partial charge on any atom is -0.465 e. The third kappa shape index (κ3) is 4.71. The van der Waals surface area contributed by atoms with E-state index in [4.69, 9.17) is 0 Å². The molecule has 2 fully saturated rings. The van der Waals surface area contributed by atoms with E-state index in [1.165, 1.54) is 25.6 Å². The molecular formula is C24H27N3O4. The number of anilines is 2. The monoisotopic (exact) mass is 421 g/mol. The summed E-state index contributed by atoms with van der Waals surface area (Å²) in [6.07, 6.45) is 2.65. The molecule has 2 saturated heterocycles. The fourth-order valence-corrected chi connectivity index (χ4v) is 4.16. The molecule has 162 valence electrons. The number of methoxy groups -OCH3 is 1. The molecule has 0 saturated carbocycles. The first-order chi connectivity index (χ1) is 15.0. The Balaban J connectivity index is 1.32. The summed E-state index contributed by atoms with van der Waals surface area (Å²) >= 11 is 0. The van der Waals surface area contributed by atoms with E-state index >= 15 is 0 Å². The van der Waals surface area contributed by atoms with Crippen LogP contribution in [0.4, 0.5) is 11.4 Å². The maximum Gasteiger partial charge on any atom is 0.337 e. The maximum atomic E-state index is 12.6. The molecule has 2 heterocycles. The Hall–Kier alpha value is -3.35. The number of nitrogens with one attached hydrogen (secondary N) is 1. The molecule has 7 heteroatoms. The van der Waals surface area contributed by atoms with Crippen LogP contribution in [0.5, 0.6) is 0 Å². The van der Waals surface area contributed by atoms with Crippen molar-refractivity contribution < 1.29 is 19.1 Å². The Morgan fingerprint density at radius 2 is 1.65 bits per heavy atom. The predicted octanol–water partition coefficient (Wildman–Crippen LogP) is 2.74. The number of carbonyl (C=O) groups is 3. The fraction of sp³-hybridized carbons (Fsp3) is 0.375. The third-order valence-electron chi connectivity index (χ3n) is 5.97. The summed E-state index contributed by atoms with van der Waals surface area (Å²) in [6.45, 7) is 2.88. The van der Waals surface area contributed by atoms with Crippen LogP contribution in [0.1, 0.15) is 35.2 Å². The van der Waals surface area contributed by atoms with E-state index in [1.54, 1.807) is 29.2 Å². The van der Waals surface area contributed by atoms with Gasteiger partial charge in [0.2, 0.25) is 11.8 Å². The molecule has 0 aliphatic carbocycles. The van der Waals surface area contributed by atoms with Gasteiger partial charge in [0.05, 0.1) is 18.6 Å². The number of hydrogen-bond acceptors (Lipinski definition) is 5. The largest absolute Gasteiger partial charge is 0.465 e. The van der Waals surface area contributed by atoms with Crippen molar-refractivity contribution in [3.05, 3.63) is 59.7 Å². The minimum atomic E-state index is -0.395. The number of amides is 2. The first-order valence-corrected chi connectivity index (χ1v) is 10.7. The second-order valence-electron chi connectivity index (χ2n) is 8.02. The van der Waals surface area contributed by atoms with E-state index in [0.29, 0.717) is 18.7 Å². The molecule has 2 amide bonds. The minimum absolute atomic E-state index is 0.0310. The molecule has 1 N–H and O–H groups in total. The summed E-state index contributed by atoms with van der Waals surface area (Å²) < 4.78 is 4.68. The molecular weight excluding hydrogens is 394 g/mol. The van der Waals surface area contributed by atoms with Gasteiger partial charge >= 0.3 is 5.97 Å². The van der Waals surface area contributed by atoms with E-state index in [0.717, 1.165) is 24.3 Å². The predicted molar refractivity (Wildman–Crippen MR) is 118 cm³/mol. The zero-order valence-corrected chi connectivity index (χ0v) is 17.7. The van der Waals surface area contributed by atoms with Gasteiger partial charge in [-0.25, -0.2) is 4.79 Å². The van der Waals surface area contributed by atoms with Gasteiger partial charge in [-0.05, 0) is 54.8 Å². The van der Waals surface area contributed by atoms with Crippen LogP contribution >= 0.6 is 0 Å². The molecule has 2 aromatic rings. The zero-order valence-electron chi connectivity index (χ0n) is 17.7. The molecule has 2 aliphatic rings. The standard InChI is InChI=1S/C24H27N3O4/c1-31-24(30)18-6-4-17(5-7-18)15-25-23(29)19-14-22(28)27(16-19)21-10-8-20(9-11-21)26-12-2-3-13-26/h4-11,19H,2-3,12-16H2,1H3,(H,25,29). The van der Waals surface area contributed by atoms with Gasteiger partial charge in [0.25, 0.3) is 0 Å². The van der Waals surface area contributed by atoms with Crippen LogP contribution in [0.2, 0.25) is 0 Å². The Morgan fingerprint density at radius 3 is 2.29 bits per heavy atom. The molecule has 1 atom stereocenters. The van der Waals surface area contributed by atoms with Gasteiger partial charge < -0.3 is 19.9 Å². The number of benzene rings is 2. The molecule has 0 bridgehead atoms. The van der Waals surface area contributed by atoms with Crippen molar-refractivity contribution in [3.63, 3.8) is 0 Å². The molecule has 1 unspecified atom stereocenters. The van der Waals surface area contributed by atoms with Crippen LogP contribution in [0.15, 0.2) is 48.5 Å². The smallest absolute Gasteiger partial charge is 0.337 e. The molecule has 2 aromatic carbocycles. The Kier molecular flexibility index (Phi) is 6.21. The van der Waals surface area contributed by atoms with Gasteiger partial charge in [0.15, 0.2) is 0 Å². The van der Waals surface area contributed by atoms with Crippen LogP contribution in [0.25, 0.3) is 0 Å². The number of nitrogens with zero attached hydrogens (tertiary/aromatic N) is 2. The highest BCUT2D eigenvalue weighted by atomic mass is 16.5. The van der Waals surface area contributed by atoms with E-state index < -0.39 is 5.97 Å². The lowest BCUT2D eigenvalue weighted by Gasteiger charge is -2.20. The topological polar surface area (TPSA) is 78.9 Å². The second kappa shape index (κ2) is 9.20. The molecule has 4 rings (SSSR count). The normalized spacial score (nSPS) is 18.4. The summed E-state index contributed by atoms with van der Waals surface area (Å²) in [5, 5.41) is 2.90. The Bertz CT molecular complexity index is 950. The Morgan fingerprint density at radius 1 is 1.00 bits per heavy atom. The van der Waals surface area contributed by atoms with Gasteiger partial charge in [-0.2, -0.15) is 0 Å². The molecule has 0 spiro atoms. The lowest BCUT2D eigenvalue weighted by molar-refractivity contribution is -0.126. The van der Waals surface area contributed by atoms with Crippen molar-refractivity contribution in [1.82, 2.24) is 5.32 Å². The highest BCUT2D eigenvalue weighted by Crippen LogP contribution is 2.28. The highest BCUT2D eigenvalue weighted by Gasteiger charge is 2.35. The maximum absolute atomic E-state index is 12.6. The summed E-state index contributed by atoms with van der Waals surface area (Å²) in [4.78, 5) is 40.7. The molecule has 2 aliphatic heterocycles. The lowest BCUT2D eigenvalue weighted by atomic mass is 10.1. The number of esters is 1. The first-order valence-electron chi connectivity index (χ1n) is 10.7. The van der Waals surface area contributed by atoms with Gasteiger partial charge in [-0.15, -0.1) is 0 Å². The van der Waals surface area contributed by atoms with Gasteiger partial charge in [-0.3, -0.25) is 9.59 Å². The van der Waals surface area contributed by atoms with Crippen molar-refractivity contribution >= 4 is 29.2 Å². The number of hydrogen-bond donors (Lipinski definition) is 1. The van der Waals surface area contributed by atoms with Crippen LogP contribution in [-0.4, -0.2) is 44.5 Å². The number of ether oxygens (including phenoxy) is 1. The average Bonchev–Trinajstić information content (AvgIpc) is 3.47. The fourth-order valence-electron chi connectivity index (χ4n) is 4.16. The van der Waals surface area contributed by atoms with Crippen molar-refractivity contribution in [2.24, 2.45) is 5.92 Å². The van der Waals surface area contributed by atoms with Crippen LogP contribution in [-0.2, 0) is 20.9 Å². The van der Waals surface area contributed by atoms with Gasteiger partial charge in [0, 0.05) is 44.0 Å². The van der Waals surface area contributed by atoms with Gasteiger partial charge in [-0.1, -0.05) is 12.1 Å². The summed E-state index contributed by atoms with van der Waals surface area (Å²) in [6, 6.07) is 14.9. The highest BCUT2D eigenvalue weighted by molar-refractivity contribution is 6.00. The van der Waals surface area contributed by atoms with Crippen molar-refractivity contribution in [1.29, 1.82) is 0 Å². The van der Waals surface area contributed by atoms with Crippen LogP contribution in [0, 0.1) is 5.92 Å². The van der Waals surface area contributed by atoms with E-state index in [9.17, 15) is 14.4 Å².